The van der Waals surface area contributed by atoms with Gasteiger partial charge in [-0.3, -0.25) is 19.3 Å². The number of aliphatic hydroxyl groups excluding tert-OH is 2. The Labute approximate surface area is 252 Å². The van der Waals surface area contributed by atoms with E-state index >= 15 is 0 Å². The zero-order valence-electron chi connectivity index (χ0n) is 24.6. The molecule has 2 aromatic rings. The molecule has 0 spiro atoms. The maximum Gasteiger partial charge on any atom is 0.412 e. The fourth-order valence-electron chi connectivity index (χ4n) is 6.69. The molecule has 3 aliphatic carbocycles. The molecule has 13 heteroatoms. The van der Waals surface area contributed by atoms with Gasteiger partial charge in [0.05, 0.1) is 11.6 Å². The summed E-state index contributed by atoms with van der Waals surface area (Å²) in [5.74, 6) is -6.95. The van der Waals surface area contributed by atoms with E-state index in [9.17, 15) is 39.6 Å². The van der Waals surface area contributed by atoms with Gasteiger partial charge in [0.25, 0.3) is 5.91 Å². The third-order valence-corrected chi connectivity index (χ3v) is 8.64. The number of Topliss-reactive ketones (excluding diaryl/α,β-unsaturated/α-hetero) is 2. The van der Waals surface area contributed by atoms with Crippen molar-refractivity contribution in [3.05, 3.63) is 75.8 Å². The molecule has 4 atom stereocenters. The van der Waals surface area contributed by atoms with Crippen molar-refractivity contribution in [2.75, 3.05) is 33.1 Å². The number of hydrogen-bond donors (Lipinski definition) is 6. The van der Waals surface area contributed by atoms with Crippen molar-refractivity contribution in [3.8, 4) is 11.5 Å². The number of ether oxygens (including phenoxy) is 1. The summed E-state index contributed by atoms with van der Waals surface area (Å²) < 4.78 is 5.23. The fourth-order valence-corrected chi connectivity index (χ4v) is 6.69. The Kier molecular flexibility index (Phi) is 7.64. The van der Waals surface area contributed by atoms with Crippen LogP contribution in [0.15, 0.2) is 59.1 Å². The number of aromatic hydroxyl groups is 1. The van der Waals surface area contributed by atoms with Crippen molar-refractivity contribution in [3.63, 3.8) is 0 Å². The standard InChI is InChI=1S/C31H34N4O9/c1-34(2)19-12-15(13-33-30(42)44-16-8-6-5-7-9-16)24(36)21-17(19)10-14-11-18-23(35(3)4)26(38)22(29(32)41)28(40)31(18,43)27(39)20(14)25(21)37/h5-9,12,14,18,23,36,38-39,43H,10-11,13H2,1-4H3,(H2,32,41)(H,33,42). The summed E-state index contributed by atoms with van der Waals surface area (Å²) in [5, 5.41) is 48.1. The highest BCUT2D eigenvalue weighted by Crippen LogP contribution is 2.53. The number of para-hydroxylation sites is 1. The average Bonchev–Trinajstić information content (AvgIpc) is 2.94. The van der Waals surface area contributed by atoms with Crippen LogP contribution in [0, 0.1) is 11.8 Å². The van der Waals surface area contributed by atoms with Crippen LogP contribution in [0.2, 0.25) is 0 Å². The van der Waals surface area contributed by atoms with E-state index in [0.717, 1.165) is 0 Å². The van der Waals surface area contributed by atoms with Crippen molar-refractivity contribution in [2.24, 2.45) is 17.6 Å². The number of nitrogens with one attached hydrogen (secondary N) is 1. The SMILES string of the molecule is CN(C)c1cc(CNC(=O)Oc2ccccc2)c(O)c2c1CC1CC3C(N(C)C)C(O)=C(C(N)=O)C(=O)C3(O)C(O)=C1C2=O. The van der Waals surface area contributed by atoms with Gasteiger partial charge in [0, 0.05) is 43.4 Å². The lowest BCUT2D eigenvalue weighted by molar-refractivity contribution is -0.148. The summed E-state index contributed by atoms with van der Waals surface area (Å²) >= 11 is 0. The lowest BCUT2D eigenvalue weighted by atomic mass is 9.58. The first kappa shape index (κ1) is 30.6. The van der Waals surface area contributed by atoms with Gasteiger partial charge in [-0.15, -0.1) is 0 Å². The summed E-state index contributed by atoms with van der Waals surface area (Å²) in [7, 11) is 6.63. The Hall–Kier alpha value is -4.88. The summed E-state index contributed by atoms with van der Waals surface area (Å²) in [6.45, 7) is -0.214. The van der Waals surface area contributed by atoms with Crippen molar-refractivity contribution >= 4 is 29.3 Å². The van der Waals surface area contributed by atoms with Crippen LogP contribution in [-0.2, 0) is 22.6 Å². The highest BCUT2D eigenvalue weighted by Gasteiger charge is 2.63. The second-order valence-corrected chi connectivity index (χ2v) is 11.7. The molecule has 13 nitrogen and oxygen atoms in total. The topological polar surface area (TPSA) is 203 Å². The Morgan fingerprint density at radius 3 is 2.34 bits per heavy atom. The molecule has 0 fully saturated rings. The number of aliphatic hydroxyl groups is 3. The normalized spacial score (nSPS) is 24.5. The number of benzene rings is 2. The van der Waals surface area contributed by atoms with Crippen LogP contribution in [-0.4, -0.2) is 88.7 Å². The van der Waals surface area contributed by atoms with Gasteiger partial charge in [-0.25, -0.2) is 4.79 Å². The number of carbonyl (C=O) groups excluding carboxylic acids is 4. The van der Waals surface area contributed by atoms with Crippen LogP contribution >= 0.6 is 0 Å². The number of fused-ring (bicyclic) bond motifs is 3. The Bertz CT molecular complexity index is 1650. The molecule has 0 aliphatic heterocycles. The zero-order valence-corrected chi connectivity index (χ0v) is 24.6. The van der Waals surface area contributed by atoms with E-state index in [-0.39, 0.29) is 36.1 Å². The molecule has 5 rings (SSSR count). The van der Waals surface area contributed by atoms with Crippen LogP contribution in [0.3, 0.4) is 0 Å². The van der Waals surface area contributed by atoms with E-state index < -0.39 is 69.9 Å². The van der Waals surface area contributed by atoms with E-state index in [4.69, 9.17) is 10.5 Å². The first-order valence-corrected chi connectivity index (χ1v) is 13.9. The monoisotopic (exact) mass is 606 g/mol. The predicted molar refractivity (Wildman–Crippen MR) is 157 cm³/mol. The number of primary amides is 1. The number of likely N-dealkylation sites (N-methyl/N-ethyl adjacent to an activating group) is 1. The minimum Gasteiger partial charge on any atom is -0.510 e. The second kappa shape index (κ2) is 11.0. The maximum atomic E-state index is 14.1. The van der Waals surface area contributed by atoms with E-state index in [1.807, 2.05) is 0 Å². The van der Waals surface area contributed by atoms with E-state index in [2.05, 4.69) is 5.32 Å². The molecule has 0 radical (unpaired) electrons. The third kappa shape index (κ3) is 4.64. The smallest absolute Gasteiger partial charge is 0.412 e. The summed E-state index contributed by atoms with van der Waals surface area (Å²) in [4.78, 5) is 55.4. The van der Waals surface area contributed by atoms with E-state index in [1.54, 1.807) is 69.5 Å². The number of amides is 2. The number of nitrogens with zero attached hydrogens (tertiary/aromatic N) is 2. The van der Waals surface area contributed by atoms with Crippen LogP contribution < -0.4 is 20.7 Å². The highest BCUT2D eigenvalue weighted by atomic mass is 16.6. The van der Waals surface area contributed by atoms with Crippen LogP contribution in [0.25, 0.3) is 0 Å². The molecular formula is C31H34N4O9. The first-order chi connectivity index (χ1) is 20.7. The number of allylic oxidation sites excluding steroid dienone is 1. The van der Waals surface area contributed by atoms with Gasteiger partial charge in [-0.05, 0) is 56.6 Å². The van der Waals surface area contributed by atoms with Gasteiger partial charge >= 0.3 is 6.09 Å². The number of carbonyl (C=O) groups is 4. The molecule has 44 heavy (non-hydrogen) atoms. The number of hydrogen-bond acceptors (Lipinski definition) is 11. The van der Waals surface area contributed by atoms with Crippen LogP contribution in [0.4, 0.5) is 10.5 Å². The zero-order chi connectivity index (χ0) is 32.2. The molecule has 3 aliphatic rings. The Morgan fingerprint density at radius 2 is 1.75 bits per heavy atom. The Balaban J connectivity index is 1.58. The maximum absolute atomic E-state index is 14.1. The molecule has 2 amide bonds. The van der Waals surface area contributed by atoms with Gasteiger partial charge in [-0.1, -0.05) is 18.2 Å². The molecule has 0 aromatic heterocycles. The molecular weight excluding hydrogens is 572 g/mol. The lowest BCUT2D eigenvalue weighted by Gasteiger charge is -2.50. The lowest BCUT2D eigenvalue weighted by Crippen LogP contribution is -2.63. The third-order valence-electron chi connectivity index (χ3n) is 8.64. The Morgan fingerprint density at radius 1 is 1.09 bits per heavy atom. The molecule has 2 aromatic carbocycles. The van der Waals surface area contributed by atoms with Gasteiger partial charge in [0.1, 0.15) is 28.6 Å². The second-order valence-electron chi connectivity index (χ2n) is 11.7. The first-order valence-electron chi connectivity index (χ1n) is 13.9. The number of rotatable bonds is 6. The minimum atomic E-state index is -2.73. The summed E-state index contributed by atoms with van der Waals surface area (Å²) in [6, 6.07) is 8.91. The summed E-state index contributed by atoms with van der Waals surface area (Å²) in [5.41, 5.74) is 2.60. The van der Waals surface area contributed by atoms with Crippen LogP contribution in [0.1, 0.15) is 27.9 Å². The molecule has 232 valence electrons. The van der Waals surface area contributed by atoms with Gasteiger partial charge in [0.2, 0.25) is 5.78 Å². The van der Waals surface area contributed by atoms with Gasteiger partial charge in [-0.2, -0.15) is 0 Å². The molecule has 0 heterocycles. The minimum absolute atomic E-state index is 0.0198. The fraction of sp³-hybridized carbons (Fsp3) is 0.355. The highest BCUT2D eigenvalue weighted by molar-refractivity contribution is 6.25. The number of phenolic OH excluding ortho intramolecular Hbond substituents is 1. The molecule has 7 N–H and O–H groups in total. The number of anilines is 1. The molecule has 4 unspecified atom stereocenters. The van der Waals surface area contributed by atoms with Gasteiger partial charge < -0.3 is 41.1 Å². The average molecular weight is 607 g/mol. The van der Waals surface area contributed by atoms with Crippen molar-refractivity contribution in [1.82, 2.24) is 10.2 Å². The predicted octanol–water partition coefficient (Wildman–Crippen LogP) is 1.48. The van der Waals surface area contributed by atoms with Crippen LogP contribution in [0.5, 0.6) is 11.5 Å². The van der Waals surface area contributed by atoms with Crippen molar-refractivity contribution in [1.29, 1.82) is 0 Å². The van der Waals surface area contributed by atoms with Gasteiger partial charge in [0.15, 0.2) is 11.4 Å². The quantitative estimate of drug-likeness (QED) is 0.260. The molecule has 0 saturated heterocycles. The number of phenols is 1. The largest absolute Gasteiger partial charge is 0.510 e. The number of nitrogens with two attached hydrogens (primary N) is 1. The van der Waals surface area contributed by atoms with E-state index in [0.29, 0.717) is 17.0 Å². The van der Waals surface area contributed by atoms with Crippen molar-refractivity contribution in [2.45, 2.75) is 31.0 Å². The molecule has 0 bridgehead atoms. The summed E-state index contributed by atoms with van der Waals surface area (Å²) in [6.07, 6.45) is -0.673. The van der Waals surface area contributed by atoms with E-state index in [1.165, 1.54) is 4.90 Å². The number of ketones is 2. The molecule has 0 saturated carbocycles. The van der Waals surface area contributed by atoms with Crippen molar-refractivity contribution < 1.29 is 44.3 Å².